The highest BCUT2D eigenvalue weighted by Gasteiger charge is 2.37. The van der Waals surface area contributed by atoms with Crippen LogP contribution in [-0.4, -0.2) is 86.8 Å². The summed E-state index contributed by atoms with van der Waals surface area (Å²) in [5.41, 5.74) is 2.93. The molecule has 3 aromatic rings. The molecule has 9 nitrogen and oxygen atoms in total. The number of aliphatic hydroxyl groups excluding tert-OH is 1. The smallest absolute Gasteiger partial charge is 0.236 e. The third kappa shape index (κ3) is 3.85. The van der Waals surface area contributed by atoms with Crippen molar-refractivity contribution in [1.29, 1.82) is 0 Å². The summed E-state index contributed by atoms with van der Waals surface area (Å²) in [5.74, 6) is 1.70. The Morgan fingerprint density at radius 3 is 2.79 bits per heavy atom. The van der Waals surface area contributed by atoms with Crippen LogP contribution in [0.15, 0.2) is 29.4 Å². The number of benzene rings is 1. The molecular weight excluding hydrogens is 440 g/mol. The van der Waals surface area contributed by atoms with E-state index < -0.39 is 0 Å². The van der Waals surface area contributed by atoms with Gasteiger partial charge in [0.1, 0.15) is 10.8 Å². The first-order chi connectivity index (χ1) is 16.2. The number of hydrogen-bond acceptors (Lipinski definition) is 8. The average Bonchev–Trinajstić information content (AvgIpc) is 3.51. The summed E-state index contributed by atoms with van der Waals surface area (Å²) in [6.45, 7) is 4.10. The second kappa shape index (κ2) is 8.58. The summed E-state index contributed by atoms with van der Waals surface area (Å²) in [5, 5.41) is 18.7. The number of morpholine rings is 1. The van der Waals surface area contributed by atoms with Crippen molar-refractivity contribution in [2.75, 3.05) is 44.3 Å². The number of carbonyl (C=O) groups excluding carboxylic acids is 1. The highest BCUT2D eigenvalue weighted by Crippen LogP contribution is 2.42. The maximum absolute atomic E-state index is 13.3. The lowest BCUT2D eigenvalue weighted by molar-refractivity contribution is -0.132. The van der Waals surface area contributed by atoms with Gasteiger partial charge in [-0.3, -0.25) is 9.89 Å². The molecule has 1 amide bonds. The monoisotopic (exact) mass is 466 g/mol. The van der Waals surface area contributed by atoms with E-state index in [2.05, 4.69) is 15.1 Å². The number of carbonyl (C=O) groups is 1. The van der Waals surface area contributed by atoms with Crippen LogP contribution in [0.1, 0.15) is 18.4 Å². The van der Waals surface area contributed by atoms with Gasteiger partial charge >= 0.3 is 0 Å². The van der Waals surface area contributed by atoms with Gasteiger partial charge in [0.25, 0.3) is 0 Å². The van der Waals surface area contributed by atoms with Crippen molar-refractivity contribution in [2.45, 2.75) is 35.6 Å². The number of nitrogens with zero attached hydrogens (tertiary/aromatic N) is 5. The van der Waals surface area contributed by atoms with E-state index in [0.29, 0.717) is 51.4 Å². The lowest BCUT2D eigenvalue weighted by atomic mass is 10.1. The molecule has 0 spiro atoms. The zero-order valence-electron chi connectivity index (χ0n) is 18.2. The number of anilines is 1. The first kappa shape index (κ1) is 20.9. The normalized spacial score (nSPS) is 21.5. The number of piperidine rings is 1. The number of ether oxygens (including phenoxy) is 1. The van der Waals surface area contributed by atoms with Gasteiger partial charge in [0.15, 0.2) is 5.82 Å². The lowest BCUT2D eigenvalue weighted by Crippen LogP contribution is -2.44. The second-order valence-electron chi connectivity index (χ2n) is 8.76. The maximum Gasteiger partial charge on any atom is 0.236 e. The van der Waals surface area contributed by atoms with Gasteiger partial charge in [-0.15, -0.1) is 0 Å². The molecule has 0 radical (unpaired) electrons. The van der Waals surface area contributed by atoms with E-state index in [4.69, 9.17) is 14.7 Å². The van der Waals surface area contributed by atoms with Crippen molar-refractivity contribution in [1.82, 2.24) is 25.1 Å². The predicted molar refractivity (Wildman–Crippen MR) is 125 cm³/mol. The van der Waals surface area contributed by atoms with E-state index in [9.17, 15) is 9.90 Å². The fourth-order valence-corrected chi connectivity index (χ4v) is 6.06. The summed E-state index contributed by atoms with van der Waals surface area (Å²) in [6, 6.07) is 5.98. The third-order valence-corrected chi connectivity index (χ3v) is 7.89. The number of aromatic nitrogens is 4. The van der Waals surface area contributed by atoms with Gasteiger partial charge in [-0.25, -0.2) is 9.97 Å². The molecule has 2 saturated heterocycles. The highest BCUT2D eigenvalue weighted by molar-refractivity contribution is 8.00. The van der Waals surface area contributed by atoms with E-state index in [0.717, 1.165) is 46.0 Å². The molecule has 0 saturated carbocycles. The minimum atomic E-state index is -0.297. The van der Waals surface area contributed by atoms with E-state index >= 15 is 0 Å². The maximum atomic E-state index is 13.3. The molecule has 2 fully saturated rings. The summed E-state index contributed by atoms with van der Waals surface area (Å²) in [6.07, 6.45) is 3.43. The Morgan fingerprint density at radius 1 is 1.15 bits per heavy atom. The number of fused-ring (bicyclic) bond motifs is 2. The number of rotatable bonds is 3. The molecule has 6 rings (SSSR count). The van der Waals surface area contributed by atoms with Crippen LogP contribution in [0.5, 0.6) is 0 Å². The first-order valence-corrected chi connectivity index (χ1v) is 12.3. The van der Waals surface area contributed by atoms with Gasteiger partial charge < -0.3 is 19.6 Å². The van der Waals surface area contributed by atoms with Crippen LogP contribution >= 0.6 is 11.8 Å². The molecule has 2 N–H and O–H groups in total. The molecule has 1 aromatic carbocycles. The van der Waals surface area contributed by atoms with Crippen LogP contribution in [0.4, 0.5) is 5.82 Å². The lowest BCUT2D eigenvalue weighted by Gasteiger charge is -2.31. The van der Waals surface area contributed by atoms with Crippen LogP contribution < -0.4 is 4.90 Å². The molecule has 3 aliphatic heterocycles. The molecule has 1 atom stereocenters. The largest absolute Gasteiger partial charge is 0.393 e. The van der Waals surface area contributed by atoms with Crippen LogP contribution in [0.3, 0.4) is 0 Å². The van der Waals surface area contributed by atoms with E-state index in [-0.39, 0.29) is 17.3 Å². The minimum Gasteiger partial charge on any atom is -0.393 e. The molecule has 3 aliphatic rings. The Kier molecular flexibility index (Phi) is 5.43. The standard InChI is InChI=1S/C23H26N6O3S/c30-14-4-6-29(7-5-14)23(31)19-12-16-21(28-8-10-32-11-9-28)25-20(26-22(16)33-19)15-2-1-3-18-17(15)13-24-27-18/h1-3,13-14,19,30H,4-12H2,(H,24,27). The predicted octanol–water partition coefficient (Wildman–Crippen LogP) is 1.86. The topological polar surface area (TPSA) is 107 Å². The van der Waals surface area contributed by atoms with Crippen molar-refractivity contribution in [3.05, 3.63) is 30.0 Å². The van der Waals surface area contributed by atoms with Crippen LogP contribution in [0, 0.1) is 0 Å². The van der Waals surface area contributed by atoms with Gasteiger partial charge in [0.2, 0.25) is 5.91 Å². The third-order valence-electron chi connectivity index (χ3n) is 6.68. The Bertz CT molecular complexity index is 1190. The number of thioether (sulfide) groups is 1. The van der Waals surface area contributed by atoms with Gasteiger partial charge in [-0.05, 0) is 25.3 Å². The molecule has 2 aromatic heterocycles. The number of likely N-dealkylation sites (tertiary alicyclic amines) is 1. The number of amides is 1. The van der Waals surface area contributed by atoms with Gasteiger partial charge in [0.05, 0.1) is 36.3 Å². The minimum absolute atomic E-state index is 0.135. The summed E-state index contributed by atoms with van der Waals surface area (Å²) >= 11 is 1.55. The van der Waals surface area contributed by atoms with Crippen molar-refractivity contribution in [3.63, 3.8) is 0 Å². The summed E-state index contributed by atoms with van der Waals surface area (Å²) in [4.78, 5) is 27.4. The van der Waals surface area contributed by atoms with Crippen molar-refractivity contribution < 1.29 is 14.6 Å². The molecule has 5 heterocycles. The molecule has 33 heavy (non-hydrogen) atoms. The first-order valence-electron chi connectivity index (χ1n) is 11.5. The zero-order chi connectivity index (χ0) is 22.4. The van der Waals surface area contributed by atoms with Crippen LogP contribution in [0.2, 0.25) is 0 Å². The molecule has 172 valence electrons. The average molecular weight is 467 g/mol. The Balaban J connectivity index is 1.37. The molecular formula is C23H26N6O3S. The summed E-state index contributed by atoms with van der Waals surface area (Å²) in [7, 11) is 0. The Labute approximate surface area is 195 Å². The van der Waals surface area contributed by atoms with Crippen molar-refractivity contribution >= 4 is 34.4 Å². The highest BCUT2D eigenvalue weighted by atomic mass is 32.2. The van der Waals surface area contributed by atoms with Crippen LogP contribution in [0.25, 0.3) is 22.3 Å². The molecule has 10 heteroatoms. The molecule has 0 aliphatic carbocycles. The van der Waals surface area contributed by atoms with Crippen molar-refractivity contribution in [2.24, 2.45) is 0 Å². The Hall–Kier alpha value is -2.69. The fraction of sp³-hybridized carbons (Fsp3) is 0.478. The van der Waals surface area contributed by atoms with Gasteiger partial charge in [-0.2, -0.15) is 5.10 Å². The second-order valence-corrected chi connectivity index (χ2v) is 9.95. The van der Waals surface area contributed by atoms with Gasteiger partial charge in [-0.1, -0.05) is 23.9 Å². The molecule has 0 bridgehead atoms. The van der Waals surface area contributed by atoms with E-state index in [1.54, 1.807) is 18.0 Å². The van der Waals surface area contributed by atoms with E-state index in [1.165, 1.54) is 0 Å². The van der Waals surface area contributed by atoms with Gasteiger partial charge in [0, 0.05) is 42.7 Å². The SMILES string of the molecule is O=C(C1Cc2c(nc(-c3cccc4[nH]ncc34)nc2N2CCOCC2)S1)N1CCC(O)CC1. The zero-order valence-corrected chi connectivity index (χ0v) is 19.1. The number of aliphatic hydroxyl groups is 1. The Morgan fingerprint density at radius 2 is 1.97 bits per heavy atom. The van der Waals surface area contributed by atoms with Crippen LogP contribution in [-0.2, 0) is 16.0 Å². The fourth-order valence-electron chi connectivity index (χ4n) is 4.84. The number of nitrogens with one attached hydrogen (secondary N) is 1. The summed E-state index contributed by atoms with van der Waals surface area (Å²) < 4.78 is 5.57. The quantitative estimate of drug-likeness (QED) is 0.564. The molecule has 1 unspecified atom stereocenters. The number of aromatic amines is 1. The van der Waals surface area contributed by atoms with Crippen molar-refractivity contribution in [3.8, 4) is 11.4 Å². The number of hydrogen-bond donors (Lipinski definition) is 2. The van der Waals surface area contributed by atoms with E-state index in [1.807, 2.05) is 23.1 Å². The number of H-pyrrole nitrogens is 1.